The number of pyridine rings is 1. The number of rotatable bonds is 4. The van der Waals surface area contributed by atoms with E-state index in [4.69, 9.17) is 4.74 Å². The van der Waals surface area contributed by atoms with E-state index in [1.807, 2.05) is 22.6 Å². The monoisotopic (exact) mass is 355 g/mol. The van der Waals surface area contributed by atoms with Crippen molar-refractivity contribution in [3.05, 3.63) is 26.6 Å². The number of aromatic nitrogens is 1. The maximum atomic E-state index is 12.8. The largest absolute Gasteiger partial charge is 0.466 e. The summed E-state index contributed by atoms with van der Waals surface area (Å²) in [5.41, 5.74) is 0.652. The van der Waals surface area contributed by atoms with Crippen molar-refractivity contribution in [2.75, 3.05) is 6.61 Å². The van der Waals surface area contributed by atoms with E-state index in [0.717, 1.165) is 0 Å². The van der Waals surface area contributed by atoms with Gasteiger partial charge in [-0.05, 0) is 42.0 Å². The lowest BCUT2D eigenvalue weighted by molar-refractivity contribution is -0.142. The molecule has 0 aromatic carbocycles. The number of ether oxygens (including phenoxy) is 1. The van der Waals surface area contributed by atoms with Crippen LogP contribution < -0.4 is 0 Å². The Morgan fingerprint density at radius 2 is 2.24 bits per heavy atom. The quantitative estimate of drug-likeness (QED) is 0.616. The van der Waals surface area contributed by atoms with Crippen LogP contribution in [0.5, 0.6) is 0 Å². The lowest BCUT2D eigenvalue weighted by atomic mass is 10.1. The van der Waals surface area contributed by atoms with E-state index < -0.39 is 12.4 Å². The van der Waals surface area contributed by atoms with Crippen molar-refractivity contribution >= 4 is 28.6 Å². The van der Waals surface area contributed by atoms with Crippen LogP contribution in [-0.2, 0) is 16.0 Å². The highest BCUT2D eigenvalue weighted by Gasteiger charge is 2.19. The third kappa shape index (κ3) is 3.58. The Balaban J connectivity index is 3.02. The molecule has 0 aliphatic carbocycles. The van der Waals surface area contributed by atoms with Crippen molar-refractivity contribution in [3.63, 3.8) is 0 Å². The van der Waals surface area contributed by atoms with Crippen LogP contribution in [0.1, 0.15) is 30.2 Å². The molecule has 1 heterocycles. The zero-order valence-corrected chi connectivity index (χ0v) is 11.6. The van der Waals surface area contributed by atoms with Crippen molar-refractivity contribution in [1.29, 1.82) is 0 Å². The fraction of sp³-hybridized carbons (Fsp3) is 0.455. The Labute approximate surface area is 112 Å². The highest BCUT2D eigenvalue weighted by molar-refractivity contribution is 14.1. The van der Waals surface area contributed by atoms with E-state index in [9.17, 15) is 13.6 Å². The van der Waals surface area contributed by atoms with Gasteiger partial charge in [0.15, 0.2) is 0 Å². The van der Waals surface area contributed by atoms with Gasteiger partial charge in [-0.3, -0.25) is 9.78 Å². The summed E-state index contributed by atoms with van der Waals surface area (Å²) in [7, 11) is 0. The number of nitrogens with zero attached hydrogens (tertiary/aromatic N) is 1. The second kappa shape index (κ2) is 6.23. The van der Waals surface area contributed by atoms with Gasteiger partial charge in [0, 0.05) is 15.3 Å². The van der Waals surface area contributed by atoms with Crippen LogP contribution in [0.25, 0.3) is 0 Å². The molecule has 0 aliphatic rings. The number of alkyl halides is 2. The molecule has 0 bridgehead atoms. The minimum atomic E-state index is -2.56. The van der Waals surface area contributed by atoms with Crippen molar-refractivity contribution < 1.29 is 18.3 Å². The number of carbonyl (C=O) groups excluding carboxylic acids is 1. The first kappa shape index (κ1) is 14.3. The van der Waals surface area contributed by atoms with Gasteiger partial charge in [-0.25, -0.2) is 8.78 Å². The molecule has 17 heavy (non-hydrogen) atoms. The molecule has 0 N–H and O–H groups in total. The molecule has 3 nitrogen and oxygen atoms in total. The predicted molar refractivity (Wildman–Crippen MR) is 67.0 cm³/mol. The minimum absolute atomic E-state index is 0.0556. The number of hydrogen-bond donors (Lipinski definition) is 0. The van der Waals surface area contributed by atoms with E-state index >= 15 is 0 Å². The molecule has 0 unspecified atom stereocenters. The van der Waals surface area contributed by atoms with Gasteiger partial charge in [0.1, 0.15) is 0 Å². The van der Waals surface area contributed by atoms with E-state index in [2.05, 4.69) is 4.98 Å². The first-order valence-corrected chi connectivity index (χ1v) is 6.12. The summed E-state index contributed by atoms with van der Waals surface area (Å²) in [5.74, 6) is -0.454. The molecule has 6 heteroatoms. The third-order valence-electron chi connectivity index (χ3n) is 2.26. The Kier molecular flexibility index (Phi) is 5.23. The summed E-state index contributed by atoms with van der Waals surface area (Å²) in [6.45, 7) is 3.51. The molecule has 0 atom stereocenters. The fourth-order valence-corrected chi connectivity index (χ4v) is 2.21. The number of carbonyl (C=O) groups is 1. The van der Waals surface area contributed by atoms with Gasteiger partial charge in [-0.15, -0.1) is 0 Å². The zero-order chi connectivity index (χ0) is 13.0. The molecule has 94 valence electrons. The minimum Gasteiger partial charge on any atom is -0.466 e. The summed E-state index contributed by atoms with van der Waals surface area (Å²) >= 11 is 1.81. The standard InChI is InChI=1S/C11H12F2INO2/c1-3-17-9(16)4-8-6(2)10(11(12)13)7(14)5-15-8/h5,11H,3-4H2,1-2H3. The predicted octanol–water partition coefficient (Wildman–Crippen LogP) is 3.04. The van der Waals surface area contributed by atoms with Crippen molar-refractivity contribution in [3.8, 4) is 0 Å². The topological polar surface area (TPSA) is 39.2 Å². The molecule has 0 saturated carbocycles. The van der Waals surface area contributed by atoms with Crippen LogP contribution in [0, 0.1) is 10.5 Å². The summed E-state index contributed by atoms with van der Waals surface area (Å²) in [6, 6.07) is 0. The Hall–Kier alpha value is -0.790. The molecular weight excluding hydrogens is 343 g/mol. The number of halogens is 3. The van der Waals surface area contributed by atoms with Crippen LogP contribution >= 0.6 is 22.6 Å². The van der Waals surface area contributed by atoms with Crippen LogP contribution in [0.2, 0.25) is 0 Å². The van der Waals surface area contributed by atoms with Crippen molar-refractivity contribution in [2.45, 2.75) is 26.7 Å². The van der Waals surface area contributed by atoms with Gasteiger partial charge in [0.25, 0.3) is 6.43 Å². The third-order valence-corrected chi connectivity index (χ3v) is 3.12. The second-order valence-corrected chi connectivity index (χ2v) is 4.54. The smallest absolute Gasteiger partial charge is 0.311 e. The summed E-state index contributed by atoms with van der Waals surface area (Å²) in [4.78, 5) is 15.3. The highest BCUT2D eigenvalue weighted by atomic mass is 127. The molecule has 0 fully saturated rings. The van der Waals surface area contributed by atoms with Crippen LogP contribution in [0.4, 0.5) is 8.78 Å². The Morgan fingerprint density at radius 3 is 2.76 bits per heavy atom. The average molecular weight is 355 g/mol. The SMILES string of the molecule is CCOC(=O)Cc1ncc(I)c(C(F)F)c1C. The molecule has 1 rings (SSSR count). The number of esters is 1. The van der Waals surface area contributed by atoms with Gasteiger partial charge < -0.3 is 4.74 Å². The highest BCUT2D eigenvalue weighted by Crippen LogP contribution is 2.28. The van der Waals surface area contributed by atoms with Crippen molar-refractivity contribution in [2.24, 2.45) is 0 Å². The molecule has 1 aromatic rings. The first-order chi connectivity index (χ1) is 7.97. The Bertz CT molecular complexity index is 424. The van der Waals surface area contributed by atoms with Gasteiger partial charge in [-0.1, -0.05) is 0 Å². The average Bonchev–Trinajstić information content (AvgIpc) is 2.22. The molecule has 0 radical (unpaired) electrons. The number of hydrogen-bond acceptors (Lipinski definition) is 3. The van der Waals surface area contributed by atoms with Gasteiger partial charge in [0.05, 0.1) is 18.7 Å². The van der Waals surface area contributed by atoms with Gasteiger partial charge >= 0.3 is 5.97 Å². The molecule has 0 aliphatic heterocycles. The first-order valence-electron chi connectivity index (χ1n) is 5.05. The van der Waals surface area contributed by atoms with Crippen LogP contribution in [-0.4, -0.2) is 17.6 Å². The summed E-state index contributed by atoms with van der Waals surface area (Å²) in [5, 5.41) is 0. The normalized spacial score (nSPS) is 10.7. The van der Waals surface area contributed by atoms with Gasteiger partial charge in [0.2, 0.25) is 0 Å². The van der Waals surface area contributed by atoms with Crippen LogP contribution in [0.3, 0.4) is 0 Å². The van der Waals surface area contributed by atoms with E-state index in [1.54, 1.807) is 13.8 Å². The van der Waals surface area contributed by atoms with E-state index in [1.165, 1.54) is 6.20 Å². The summed E-state index contributed by atoms with van der Waals surface area (Å²) in [6.07, 6.45) is -1.29. The maximum absolute atomic E-state index is 12.8. The van der Waals surface area contributed by atoms with Gasteiger partial charge in [-0.2, -0.15) is 0 Å². The Morgan fingerprint density at radius 1 is 1.59 bits per heavy atom. The lowest BCUT2D eigenvalue weighted by Crippen LogP contribution is -2.11. The van der Waals surface area contributed by atoms with Crippen LogP contribution in [0.15, 0.2) is 6.20 Å². The van der Waals surface area contributed by atoms with Crippen molar-refractivity contribution in [1.82, 2.24) is 4.98 Å². The fourth-order valence-electron chi connectivity index (χ4n) is 1.43. The van der Waals surface area contributed by atoms with E-state index in [0.29, 0.717) is 14.8 Å². The molecule has 0 amide bonds. The summed E-state index contributed by atoms with van der Waals surface area (Å²) < 4.78 is 30.8. The lowest BCUT2D eigenvalue weighted by Gasteiger charge is -2.11. The molecule has 0 spiro atoms. The van der Waals surface area contributed by atoms with E-state index in [-0.39, 0.29) is 18.6 Å². The molecule has 0 saturated heterocycles. The molecule has 1 aromatic heterocycles. The zero-order valence-electron chi connectivity index (χ0n) is 9.47. The second-order valence-electron chi connectivity index (χ2n) is 3.37. The maximum Gasteiger partial charge on any atom is 0.311 e. The molecular formula is C11H12F2INO2.